The summed E-state index contributed by atoms with van der Waals surface area (Å²) in [4.78, 5) is 61.6. The second-order valence-electron chi connectivity index (χ2n) is 9.31. The molecule has 0 radical (unpaired) electrons. The molecule has 4 rings (SSSR count). The summed E-state index contributed by atoms with van der Waals surface area (Å²) >= 11 is 7.49. The van der Waals surface area contributed by atoms with Crippen LogP contribution in [0.2, 0.25) is 0 Å². The third kappa shape index (κ3) is 7.76. The Balaban J connectivity index is 1.42. The molecular formula is C20H28N4O12P2S2. The summed E-state index contributed by atoms with van der Waals surface area (Å²) in [5, 5.41) is 0. The summed E-state index contributed by atoms with van der Waals surface area (Å²) in [5.74, 6) is 0. The Morgan fingerprint density at radius 1 is 0.925 bits per heavy atom. The van der Waals surface area contributed by atoms with Gasteiger partial charge >= 0.3 is 25.0 Å². The first-order chi connectivity index (χ1) is 18.6. The molecule has 2 aromatic heterocycles. The van der Waals surface area contributed by atoms with Crippen LogP contribution in [-0.4, -0.2) is 55.5 Å². The zero-order valence-electron chi connectivity index (χ0n) is 21.2. The molecule has 2 unspecified atom stereocenters. The molecule has 2 fully saturated rings. The Kier molecular flexibility index (Phi) is 9.56. The Morgan fingerprint density at radius 3 is 2.08 bits per heavy atom. The van der Waals surface area contributed by atoms with Crippen LogP contribution in [0.1, 0.15) is 42.8 Å². The number of nitrogens with zero attached hydrogens (tertiary/aromatic N) is 2. The van der Waals surface area contributed by atoms with E-state index in [1.165, 1.54) is 23.9 Å². The molecular weight excluding hydrogens is 614 g/mol. The number of hydrogen-bond acceptors (Lipinski definition) is 11. The molecule has 2 aromatic rings. The van der Waals surface area contributed by atoms with Gasteiger partial charge in [0, 0.05) is 29.9 Å². The number of thiol groups is 2. The predicted octanol–water partition coefficient (Wildman–Crippen LogP) is 1.16. The lowest BCUT2D eigenvalue weighted by molar-refractivity contribution is -0.0418. The SMILES string of the molecule is Cc1cn([C@H]2CC[C@@H](COP(=O)(S)O[C@H]3C[C@H](n4cc(C)c(=O)[nH]c4=O)O[C@@H]3COP(=O)(O)S)O2)c(=O)[nH]c1=O. The minimum Gasteiger partial charge on any atom is -0.352 e. The normalized spacial score (nSPS) is 27.9. The zero-order chi connectivity index (χ0) is 29.4. The molecule has 0 bridgehead atoms. The number of rotatable bonds is 10. The highest BCUT2D eigenvalue weighted by Crippen LogP contribution is 2.57. The third-order valence-corrected chi connectivity index (χ3v) is 8.75. The highest BCUT2D eigenvalue weighted by molar-refractivity contribution is 8.44. The molecule has 0 aromatic carbocycles. The molecule has 0 amide bonds. The van der Waals surface area contributed by atoms with Crippen LogP contribution >= 0.6 is 38.1 Å². The van der Waals surface area contributed by atoms with Crippen molar-refractivity contribution in [2.45, 2.75) is 63.9 Å². The Hall–Kier alpha value is -1.72. The zero-order valence-corrected chi connectivity index (χ0v) is 24.8. The fourth-order valence-corrected chi connectivity index (χ4v) is 6.38. The molecule has 222 valence electrons. The number of aryl methyl sites for hydroxylation is 2. The van der Waals surface area contributed by atoms with Crippen LogP contribution in [0.5, 0.6) is 0 Å². The maximum absolute atomic E-state index is 13.1. The quantitative estimate of drug-likeness (QED) is 0.183. The van der Waals surface area contributed by atoms with E-state index in [0.29, 0.717) is 18.4 Å². The molecule has 2 saturated heterocycles. The topological polar surface area (TPSA) is 210 Å². The maximum Gasteiger partial charge on any atom is 0.386 e. The maximum atomic E-state index is 13.1. The van der Waals surface area contributed by atoms with Gasteiger partial charge in [0.1, 0.15) is 24.7 Å². The molecule has 0 aliphatic carbocycles. The fraction of sp³-hybridized carbons (Fsp3) is 0.600. The van der Waals surface area contributed by atoms with Crippen molar-refractivity contribution >= 4 is 38.1 Å². The van der Waals surface area contributed by atoms with Crippen LogP contribution in [0.3, 0.4) is 0 Å². The van der Waals surface area contributed by atoms with Crippen molar-refractivity contribution in [2.24, 2.45) is 0 Å². The van der Waals surface area contributed by atoms with Crippen LogP contribution < -0.4 is 22.5 Å². The third-order valence-electron chi connectivity index (χ3n) is 6.28. The van der Waals surface area contributed by atoms with Gasteiger partial charge in [-0.15, -0.1) is 0 Å². The van der Waals surface area contributed by atoms with E-state index in [2.05, 4.69) is 34.5 Å². The first kappa shape index (κ1) is 31.2. The van der Waals surface area contributed by atoms with Crippen molar-refractivity contribution in [1.29, 1.82) is 0 Å². The lowest BCUT2D eigenvalue weighted by Crippen LogP contribution is -2.33. The van der Waals surface area contributed by atoms with Gasteiger partial charge in [0.05, 0.1) is 19.3 Å². The van der Waals surface area contributed by atoms with Gasteiger partial charge in [-0.3, -0.25) is 42.3 Å². The summed E-state index contributed by atoms with van der Waals surface area (Å²) in [6.07, 6.45) is -0.965. The standard InChI is InChI=1S/C20H28N4O12P2S2/c1-10-6-23(19(27)21-17(10)25)15-4-3-12(34-15)8-33-38(31,40)36-13-5-16(35-14(13)9-32-37(29,30)39)24-7-11(2)18(26)22-20(24)28/h6-7,12-16H,3-5,8-9H2,1-2H3,(H,31,40)(H,21,25,27)(H,22,26,28)(H2,29,30,39)/t12-,13-,14+,15+,16+,38?/m0/s1. The second-order valence-corrected chi connectivity index (χ2v) is 14.9. The molecule has 0 spiro atoms. The minimum atomic E-state index is -4.22. The second kappa shape index (κ2) is 12.3. The summed E-state index contributed by atoms with van der Waals surface area (Å²) in [6, 6.07) is 0. The van der Waals surface area contributed by atoms with Crippen LogP contribution in [0.25, 0.3) is 0 Å². The van der Waals surface area contributed by atoms with Gasteiger partial charge in [0.15, 0.2) is 0 Å². The van der Waals surface area contributed by atoms with Gasteiger partial charge < -0.3 is 14.4 Å². The van der Waals surface area contributed by atoms with Crippen molar-refractivity contribution < 1.29 is 37.1 Å². The minimum absolute atomic E-state index is 0.0773. The molecule has 2 aliphatic heterocycles. The number of nitrogens with one attached hydrogen (secondary N) is 2. The fourth-order valence-electron chi connectivity index (χ4n) is 4.30. The molecule has 7 atom stereocenters. The summed E-state index contributed by atoms with van der Waals surface area (Å²) in [6.45, 7) is -5.99. The molecule has 3 N–H and O–H groups in total. The lowest BCUT2D eigenvalue weighted by Gasteiger charge is -2.23. The molecule has 40 heavy (non-hydrogen) atoms. The first-order valence-corrected chi connectivity index (χ1v) is 17.4. The van der Waals surface area contributed by atoms with Crippen molar-refractivity contribution in [3.05, 3.63) is 65.2 Å². The molecule has 4 heterocycles. The van der Waals surface area contributed by atoms with Gasteiger partial charge in [-0.25, -0.2) is 18.7 Å². The number of hydrogen-bond donors (Lipinski definition) is 5. The molecule has 2 aliphatic rings. The van der Waals surface area contributed by atoms with Crippen molar-refractivity contribution in [3.8, 4) is 0 Å². The van der Waals surface area contributed by atoms with Gasteiger partial charge in [-0.2, -0.15) is 0 Å². The van der Waals surface area contributed by atoms with E-state index < -0.39 is 73.5 Å². The predicted molar refractivity (Wildman–Crippen MR) is 146 cm³/mol. The van der Waals surface area contributed by atoms with E-state index in [1.807, 2.05) is 0 Å². The van der Waals surface area contributed by atoms with Crippen LogP contribution in [0.4, 0.5) is 0 Å². The van der Waals surface area contributed by atoms with Gasteiger partial charge in [-0.1, -0.05) is 24.5 Å². The monoisotopic (exact) mass is 642 g/mol. The Morgan fingerprint density at radius 2 is 1.50 bits per heavy atom. The number of ether oxygens (including phenoxy) is 2. The van der Waals surface area contributed by atoms with E-state index in [4.69, 9.17) is 23.0 Å². The van der Waals surface area contributed by atoms with Gasteiger partial charge in [0.2, 0.25) is 0 Å². The van der Waals surface area contributed by atoms with E-state index in [-0.39, 0.29) is 18.6 Å². The van der Waals surface area contributed by atoms with Crippen molar-refractivity contribution in [3.63, 3.8) is 0 Å². The highest BCUT2D eigenvalue weighted by Gasteiger charge is 2.42. The Labute approximate surface area is 236 Å². The molecule has 0 saturated carbocycles. The number of aromatic amines is 2. The van der Waals surface area contributed by atoms with Gasteiger partial charge in [0.25, 0.3) is 11.1 Å². The average Bonchev–Trinajstić information content (AvgIpc) is 3.47. The lowest BCUT2D eigenvalue weighted by atomic mass is 10.2. The number of H-pyrrole nitrogens is 2. The largest absolute Gasteiger partial charge is 0.386 e. The number of aromatic nitrogens is 4. The van der Waals surface area contributed by atoms with Gasteiger partial charge in [-0.05, 0) is 26.7 Å². The van der Waals surface area contributed by atoms with E-state index in [0.717, 1.165) is 4.57 Å². The first-order valence-electron chi connectivity index (χ1n) is 11.9. The average molecular weight is 643 g/mol. The molecule has 20 heteroatoms. The van der Waals surface area contributed by atoms with E-state index in [9.17, 15) is 33.2 Å². The Bertz CT molecular complexity index is 1580. The van der Waals surface area contributed by atoms with Crippen molar-refractivity contribution in [1.82, 2.24) is 19.1 Å². The summed E-state index contributed by atoms with van der Waals surface area (Å²) in [7, 11) is 0. The highest BCUT2D eigenvalue weighted by atomic mass is 32.7. The summed E-state index contributed by atoms with van der Waals surface area (Å²) < 4.78 is 54.5. The van der Waals surface area contributed by atoms with Crippen LogP contribution in [-0.2, 0) is 32.2 Å². The van der Waals surface area contributed by atoms with E-state index in [1.54, 1.807) is 6.92 Å². The molecule has 16 nitrogen and oxygen atoms in total. The van der Waals surface area contributed by atoms with Crippen LogP contribution in [0, 0.1) is 13.8 Å². The smallest absolute Gasteiger partial charge is 0.352 e. The van der Waals surface area contributed by atoms with E-state index >= 15 is 0 Å². The van der Waals surface area contributed by atoms with Crippen molar-refractivity contribution in [2.75, 3.05) is 13.2 Å². The van der Waals surface area contributed by atoms with Crippen LogP contribution in [0.15, 0.2) is 31.6 Å². The summed E-state index contributed by atoms with van der Waals surface area (Å²) in [5.41, 5.74) is -1.90.